The summed E-state index contributed by atoms with van der Waals surface area (Å²) in [5.74, 6) is -2.73. The highest BCUT2D eigenvalue weighted by atomic mass is 19.4. The van der Waals surface area contributed by atoms with Gasteiger partial charge in [0.25, 0.3) is 11.8 Å². The van der Waals surface area contributed by atoms with Crippen LogP contribution in [0.5, 0.6) is 0 Å². The molecule has 0 N–H and O–H groups in total. The van der Waals surface area contributed by atoms with Gasteiger partial charge in [0.15, 0.2) is 0 Å². The quantitative estimate of drug-likeness (QED) is 0.182. The number of hydrogen-bond donors (Lipinski definition) is 0. The van der Waals surface area contributed by atoms with Crippen molar-refractivity contribution in [2.75, 3.05) is 12.0 Å². The maximum Gasteiger partial charge on any atom is 0.417 e. The first-order valence-corrected chi connectivity index (χ1v) is 12.1. The smallest absolute Gasteiger partial charge is 0.417 e. The van der Waals surface area contributed by atoms with E-state index >= 15 is 0 Å². The van der Waals surface area contributed by atoms with Gasteiger partial charge in [-0.1, -0.05) is 39.0 Å². The Labute approximate surface area is 225 Å². The van der Waals surface area contributed by atoms with Crippen LogP contribution in [0.4, 0.5) is 32.0 Å². The molecule has 1 aliphatic rings. The number of carbonyl (C=O) groups excluding carboxylic acids is 3. The lowest BCUT2D eigenvalue weighted by Gasteiger charge is -2.26. The Bertz CT molecular complexity index is 1540. The summed E-state index contributed by atoms with van der Waals surface area (Å²) in [6.45, 7) is 5.25. The standard InChI is InChI=1S/C29H23F6NO4/c1-5-27(2,3)16-7-10-18(22(13-16)28(30,31)32)19-11-8-17(14-23(19)29(33,34)35)36-24(37)20-9-6-15(26(39)40-4)12-21(20)25(36)38/h6-14H,5H2,1-4H3. The summed E-state index contributed by atoms with van der Waals surface area (Å²) in [5, 5.41) is 0. The summed E-state index contributed by atoms with van der Waals surface area (Å²) in [6, 6.07) is 9.00. The van der Waals surface area contributed by atoms with E-state index in [0.29, 0.717) is 23.0 Å². The van der Waals surface area contributed by atoms with Crippen molar-refractivity contribution < 1.29 is 45.5 Å². The van der Waals surface area contributed by atoms with E-state index < -0.39 is 63.5 Å². The number of methoxy groups -OCH3 is 1. The highest BCUT2D eigenvalue weighted by Gasteiger charge is 2.42. The Hall–Kier alpha value is -4.15. The van der Waals surface area contributed by atoms with Gasteiger partial charge in [0.1, 0.15) is 0 Å². The molecule has 3 aromatic rings. The molecule has 3 aromatic carbocycles. The lowest BCUT2D eigenvalue weighted by atomic mass is 9.80. The fourth-order valence-corrected chi connectivity index (χ4v) is 4.50. The molecule has 0 atom stereocenters. The molecule has 40 heavy (non-hydrogen) atoms. The Morgan fingerprint density at radius 1 is 0.750 bits per heavy atom. The molecule has 0 saturated heterocycles. The zero-order valence-corrected chi connectivity index (χ0v) is 21.8. The van der Waals surface area contributed by atoms with E-state index in [9.17, 15) is 40.7 Å². The van der Waals surface area contributed by atoms with E-state index in [2.05, 4.69) is 4.74 Å². The highest BCUT2D eigenvalue weighted by Crippen LogP contribution is 2.46. The van der Waals surface area contributed by atoms with Crippen LogP contribution in [0.25, 0.3) is 11.1 Å². The molecule has 5 nitrogen and oxygen atoms in total. The number of alkyl halides is 6. The molecule has 0 bridgehead atoms. The van der Waals surface area contributed by atoms with E-state index in [1.807, 2.05) is 0 Å². The Morgan fingerprint density at radius 2 is 1.27 bits per heavy atom. The van der Waals surface area contributed by atoms with Crippen molar-refractivity contribution in [2.45, 2.75) is 45.0 Å². The zero-order chi connectivity index (χ0) is 29.8. The predicted octanol–water partition coefficient (Wildman–Crippen LogP) is 7.67. The van der Waals surface area contributed by atoms with Crippen LogP contribution in [0.15, 0.2) is 54.6 Å². The normalized spacial score (nSPS) is 14.0. The molecule has 2 amide bonds. The van der Waals surface area contributed by atoms with Crippen molar-refractivity contribution >= 4 is 23.5 Å². The number of imide groups is 1. The number of anilines is 1. The average molecular weight is 563 g/mol. The first kappa shape index (κ1) is 28.8. The van der Waals surface area contributed by atoms with Gasteiger partial charge in [-0.05, 0) is 64.9 Å². The number of rotatable bonds is 5. The van der Waals surface area contributed by atoms with Crippen molar-refractivity contribution in [3.8, 4) is 11.1 Å². The lowest BCUT2D eigenvalue weighted by Crippen LogP contribution is -2.29. The summed E-state index contributed by atoms with van der Waals surface area (Å²) in [6.07, 6.45) is -9.60. The van der Waals surface area contributed by atoms with Gasteiger partial charge in [-0.2, -0.15) is 26.3 Å². The molecule has 0 spiro atoms. The maximum absolute atomic E-state index is 14.3. The van der Waals surface area contributed by atoms with Gasteiger partial charge >= 0.3 is 18.3 Å². The van der Waals surface area contributed by atoms with Crippen LogP contribution in [-0.2, 0) is 22.5 Å². The third kappa shape index (κ3) is 4.96. The second kappa shape index (κ2) is 9.79. The van der Waals surface area contributed by atoms with Crippen molar-refractivity contribution in [1.29, 1.82) is 0 Å². The minimum absolute atomic E-state index is 0.0510. The van der Waals surface area contributed by atoms with E-state index in [4.69, 9.17) is 0 Å². The van der Waals surface area contributed by atoms with E-state index in [0.717, 1.165) is 37.4 Å². The number of benzene rings is 3. The average Bonchev–Trinajstić information content (AvgIpc) is 3.15. The molecular weight excluding hydrogens is 540 g/mol. The second-order valence-electron chi connectivity index (χ2n) is 9.92. The molecule has 0 fully saturated rings. The summed E-state index contributed by atoms with van der Waals surface area (Å²) < 4.78 is 89.7. The lowest BCUT2D eigenvalue weighted by molar-refractivity contribution is -0.139. The van der Waals surface area contributed by atoms with Crippen molar-refractivity contribution in [3.63, 3.8) is 0 Å². The summed E-state index contributed by atoms with van der Waals surface area (Å²) in [5.41, 5.74) is -5.39. The predicted molar refractivity (Wildman–Crippen MR) is 134 cm³/mol. The van der Waals surface area contributed by atoms with Gasteiger partial charge in [-0.15, -0.1) is 0 Å². The van der Waals surface area contributed by atoms with Gasteiger partial charge in [-0.25, -0.2) is 9.69 Å². The summed E-state index contributed by atoms with van der Waals surface area (Å²) in [4.78, 5) is 38.4. The Morgan fingerprint density at radius 3 is 1.82 bits per heavy atom. The van der Waals surface area contributed by atoms with Crippen molar-refractivity contribution in [3.05, 3.63) is 88.0 Å². The van der Waals surface area contributed by atoms with E-state index in [1.54, 1.807) is 20.8 Å². The van der Waals surface area contributed by atoms with Crippen LogP contribution >= 0.6 is 0 Å². The monoisotopic (exact) mass is 563 g/mol. The summed E-state index contributed by atoms with van der Waals surface area (Å²) >= 11 is 0. The molecule has 1 aliphatic heterocycles. The third-order valence-electron chi connectivity index (χ3n) is 7.15. The van der Waals surface area contributed by atoms with Gasteiger partial charge in [-0.3, -0.25) is 9.59 Å². The Balaban J connectivity index is 1.87. The molecule has 1 heterocycles. The molecule has 0 aromatic heterocycles. The van der Waals surface area contributed by atoms with Crippen molar-refractivity contribution in [2.24, 2.45) is 0 Å². The third-order valence-corrected chi connectivity index (χ3v) is 7.15. The topological polar surface area (TPSA) is 63.7 Å². The number of fused-ring (bicyclic) bond motifs is 1. The van der Waals surface area contributed by atoms with Crippen LogP contribution in [0.1, 0.15) is 75.0 Å². The van der Waals surface area contributed by atoms with Crippen molar-refractivity contribution in [1.82, 2.24) is 0 Å². The van der Waals surface area contributed by atoms with Gasteiger partial charge in [0, 0.05) is 0 Å². The van der Waals surface area contributed by atoms with Crippen LogP contribution in [0, 0.1) is 0 Å². The van der Waals surface area contributed by atoms with Crippen LogP contribution < -0.4 is 4.90 Å². The minimum atomic E-state index is -5.13. The fraction of sp³-hybridized carbons (Fsp3) is 0.276. The van der Waals surface area contributed by atoms with Gasteiger partial charge < -0.3 is 4.74 Å². The molecular formula is C29H23F6NO4. The highest BCUT2D eigenvalue weighted by molar-refractivity contribution is 6.34. The number of nitrogens with zero attached hydrogens (tertiary/aromatic N) is 1. The largest absolute Gasteiger partial charge is 0.465 e. The zero-order valence-electron chi connectivity index (χ0n) is 21.8. The second-order valence-corrected chi connectivity index (χ2v) is 9.92. The number of halogens is 6. The number of amides is 2. The SMILES string of the molecule is CCC(C)(C)c1ccc(-c2ccc(N3C(=O)c4ccc(C(=O)OC)cc4C3=O)cc2C(F)(F)F)c(C(F)(F)F)c1. The molecule has 0 unspecified atom stereocenters. The van der Waals surface area contributed by atoms with E-state index in [-0.39, 0.29) is 16.7 Å². The van der Waals surface area contributed by atoms with E-state index in [1.165, 1.54) is 18.2 Å². The van der Waals surface area contributed by atoms with Gasteiger partial charge in [0.2, 0.25) is 0 Å². The molecule has 11 heteroatoms. The van der Waals surface area contributed by atoms with Crippen LogP contribution in [0.2, 0.25) is 0 Å². The maximum atomic E-state index is 14.3. The molecule has 0 saturated carbocycles. The van der Waals surface area contributed by atoms with Crippen LogP contribution in [0.3, 0.4) is 0 Å². The first-order valence-electron chi connectivity index (χ1n) is 12.1. The number of hydrogen-bond acceptors (Lipinski definition) is 4. The molecule has 0 radical (unpaired) electrons. The minimum Gasteiger partial charge on any atom is -0.465 e. The molecule has 0 aliphatic carbocycles. The number of ether oxygens (including phenoxy) is 1. The van der Waals surface area contributed by atoms with Gasteiger partial charge in [0.05, 0.1) is 40.6 Å². The first-order chi connectivity index (χ1) is 18.5. The Kier molecular flexibility index (Phi) is 7.06. The molecule has 210 valence electrons. The summed E-state index contributed by atoms with van der Waals surface area (Å²) in [7, 11) is 1.11. The van der Waals surface area contributed by atoms with Crippen LogP contribution in [-0.4, -0.2) is 24.9 Å². The fourth-order valence-electron chi connectivity index (χ4n) is 4.50. The molecule has 4 rings (SSSR count). The number of esters is 1. The number of carbonyl (C=O) groups is 3.